The van der Waals surface area contributed by atoms with Crippen LogP contribution in [0.25, 0.3) is 0 Å². The average Bonchev–Trinajstić information content (AvgIpc) is 2.77. The van der Waals surface area contributed by atoms with Crippen molar-refractivity contribution in [3.63, 3.8) is 0 Å². The largest absolute Gasteiger partial charge is 0.497 e. The molecule has 1 aliphatic carbocycles. The molecule has 1 aliphatic heterocycles. The molecule has 1 unspecified atom stereocenters. The van der Waals surface area contributed by atoms with E-state index in [4.69, 9.17) is 9.84 Å². The molecule has 22 heavy (non-hydrogen) atoms. The molecule has 0 aromatic heterocycles. The highest BCUT2D eigenvalue weighted by atomic mass is 16.5. The number of fused-ring (bicyclic) bond motifs is 1. The van der Waals surface area contributed by atoms with Crippen molar-refractivity contribution in [2.24, 2.45) is 16.9 Å². The van der Waals surface area contributed by atoms with E-state index in [0.29, 0.717) is 17.4 Å². The zero-order valence-corrected chi connectivity index (χ0v) is 13.8. The van der Waals surface area contributed by atoms with E-state index in [1.54, 1.807) is 12.1 Å². The first kappa shape index (κ1) is 15.1. The monoisotopic (exact) mass is 300 g/mol. The van der Waals surface area contributed by atoms with Crippen molar-refractivity contribution in [3.05, 3.63) is 29.8 Å². The van der Waals surface area contributed by atoms with Gasteiger partial charge in [-0.05, 0) is 63.3 Å². The average molecular weight is 300 g/mol. The SMILES string of the molecule is COc1ccc(C(=O)N2N=C3C[C@H](C)CCC3C2(C)C)cc1. The lowest BCUT2D eigenvalue weighted by Gasteiger charge is -2.36. The van der Waals surface area contributed by atoms with Crippen molar-refractivity contribution in [3.8, 4) is 5.75 Å². The van der Waals surface area contributed by atoms with Crippen LogP contribution >= 0.6 is 0 Å². The molecule has 0 N–H and O–H groups in total. The second-order valence-electron chi connectivity index (χ2n) is 7.03. The van der Waals surface area contributed by atoms with E-state index < -0.39 is 0 Å². The van der Waals surface area contributed by atoms with Crippen LogP contribution in [-0.4, -0.2) is 29.3 Å². The predicted octanol–water partition coefficient (Wildman–Crippen LogP) is 3.72. The first-order chi connectivity index (χ1) is 10.4. The minimum absolute atomic E-state index is 0.0257. The third-order valence-corrected chi connectivity index (χ3v) is 5.06. The Hall–Kier alpha value is -1.84. The molecular weight excluding hydrogens is 276 g/mol. The number of hydrogen-bond donors (Lipinski definition) is 0. The van der Waals surface area contributed by atoms with Crippen LogP contribution in [0.15, 0.2) is 29.4 Å². The maximum Gasteiger partial charge on any atom is 0.274 e. The molecule has 4 nitrogen and oxygen atoms in total. The molecule has 1 aromatic carbocycles. The molecule has 0 spiro atoms. The van der Waals surface area contributed by atoms with Crippen LogP contribution in [0.2, 0.25) is 0 Å². The fraction of sp³-hybridized carbons (Fsp3) is 0.556. The van der Waals surface area contributed by atoms with E-state index in [-0.39, 0.29) is 11.4 Å². The second-order valence-corrected chi connectivity index (χ2v) is 7.03. The van der Waals surface area contributed by atoms with Crippen molar-refractivity contribution in [2.45, 2.75) is 45.6 Å². The number of hydrazone groups is 1. The van der Waals surface area contributed by atoms with E-state index in [1.807, 2.05) is 24.3 Å². The van der Waals surface area contributed by atoms with Gasteiger partial charge >= 0.3 is 0 Å². The summed E-state index contributed by atoms with van der Waals surface area (Å²) in [7, 11) is 1.62. The highest BCUT2D eigenvalue weighted by Gasteiger charge is 2.48. The molecule has 1 fully saturated rings. The number of nitrogens with zero attached hydrogens (tertiary/aromatic N) is 2. The summed E-state index contributed by atoms with van der Waals surface area (Å²) < 4.78 is 5.15. The van der Waals surface area contributed by atoms with Gasteiger partial charge in [0.15, 0.2) is 0 Å². The zero-order chi connectivity index (χ0) is 15.9. The first-order valence-electron chi connectivity index (χ1n) is 7.99. The second kappa shape index (κ2) is 5.41. The standard InChI is InChI=1S/C18H24N2O2/c1-12-5-10-15-16(11-12)19-20(18(15,2)3)17(21)13-6-8-14(22-4)9-7-13/h6-9,12,15H,5,10-11H2,1-4H3/t12-,15?/m1/s1. The molecule has 1 aromatic rings. The molecule has 4 heteroatoms. The minimum Gasteiger partial charge on any atom is -0.497 e. The van der Waals surface area contributed by atoms with Gasteiger partial charge in [-0.2, -0.15) is 5.10 Å². The van der Waals surface area contributed by atoms with E-state index in [0.717, 1.165) is 18.6 Å². The summed E-state index contributed by atoms with van der Waals surface area (Å²) in [5, 5.41) is 6.40. The van der Waals surface area contributed by atoms with Crippen LogP contribution in [0.1, 0.15) is 50.4 Å². The normalized spacial score (nSPS) is 26.4. The van der Waals surface area contributed by atoms with Crippen LogP contribution in [0.5, 0.6) is 5.75 Å². The van der Waals surface area contributed by atoms with Crippen molar-refractivity contribution < 1.29 is 9.53 Å². The van der Waals surface area contributed by atoms with Gasteiger partial charge in [0.25, 0.3) is 5.91 Å². The lowest BCUT2D eigenvalue weighted by molar-refractivity contribution is 0.0537. The van der Waals surface area contributed by atoms with Gasteiger partial charge in [-0.1, -0.05) is 6.92 Å². The summed E-state index contributed by atoms with van der Waals surface area (Å²) >= 11 is 0. The summed E-state index contributed by atoms with van der Waals surface area (Å²) in [4.78, 5) is 12.9. The summed E-state index contributed by atoms with van der Waals surface area (Å²) in [6, 6.07) is 7.25. The molecule has 2 atom stereocenters. The Morgan fingerprint density at radius 3 is 2.59 bits per heavy atom. The Kier molecular flexibility index (Phi) is 3.71. The zero-order valence-electron chi connectivity index (χ0n) is 13.8. The molecule has 118 valence electrons. The Labute approximate surface area is 132 Å². The summed E-state index contributed by atoms with van der Waals surface area (Å²) in [6.07, 6.45) is 3.36. The summed E-state index contributed by atoms with van der Waals surface area (Å²) in [6.45, 7) is 6.52. The van der Waals surface area contributed by atoms with E-state index >= 15 is 0 Å². The summed E-state index contributed by atoms with van der Waals surface area (Å²) in [5.41, 5.74) is 1.61. The number of ether oxygens (including phenoxy) is 1. The van der Waals surface area contributed by atoms with Crippen molar-refractivity contribution in [1.82, 2.24) is 5.01 Å². The predicted molar refractivity (Wildman–Crippen MR) is 87.2 cm³/mol. The lowest BCUT2D eigenvalue weighted by Crippen LogP contribution is -2.47. The molecule has 2 aliphatic rings. The molecule has 0 saturated heterocycles. The van der Waals surface area contributed by atoms with Gasteiger partial charge in [-0.15, -0.1) is 0 Å². The van der Waals surface area contributed by atoms with Crippen LogP contribution in [-0.2, 0) is 0 Å². The van der Waals surface area contributed by atoms with E-state index in [1.165, 1.54) is 12.1 Å². The quantitative estimate of drug-likeness (QED) is 0.835. The number of carbonyl (C=O) groups excluding carboxylic acids is 1. The van der Waals surface area contributed by atoms with Crippen molar-refractivity contribution >= 4 is 11.6 Å². The highest BCUT2D eigenvalue weighted by molar-refractivity contribution is 5.99. The third-order valence-electron chi connectivity index (χ3n) is 5.06. The van der Waals surface area contributed by atoms with Crippen LogP contribution in [0.3, 0.4) is 0 Å². The lowest BCUT2D eigenvalue weighted by atomic mass is 9.73. The van der Waals surface area contributed by atoms with Crippen molar-refractivity contribution in [1.29, 1.82) is 0 Å². The molecule has 1 saturated carbocycles. The molecule has 1 amide bonds. The van der Waals surface area contributed by atoms with Gasteiger partial charge in [-0.25, -0.2) is 5.01 Å². The van der Waals surface area contributed by atoms with Gasteiger partial charge in [-0.3, -0.25) is 4.79 Å². The smallest absolute Gasteiger partial charge is 0.274 e. The number of methoxy groups -OCH3 is 1. The van der Waals surface area contributed by atoms with Crippen molar-refractivity contribution in [2.75, 3.05) is 7.11 Å². The van der Waals surface area contributed by atoms with Crippen LogP contribution in [0.4, 0.5) is 0 Å². The maximum atomic E-state index is 12.9. The maximum absolute atomic E-state index is 12.9. The van der Waals surface area contributed by atoms with Gasteiger partial charge in [0, 0.05) is 17.2 Å². The Balaban J connectivity index is 1.88. The first-order valence-corrected chi connectivity index (χ1v) is 7.99. The van der Waals surface area contributed by atoms with Crippen LogP contribution in [0, 0.1) is 11.8 Å². The topological polar surface area (TPSA) is 41.9 Å². The van der Waals surface area contributed by atoms with Gasteiger partial charge < -0.3 is 4.74 Å². The summed E-state index contributed by atoms with van der Waals surface area (Å²) in [5.74, 6) is 1.79. The van der Waals surface area contributed by atoms with Crippen LogP contribution < -0.4 is 4.74 Å². The third kappa shape index (κ3) is 2.40. The number of amides is 1. The molecular formula is C18H24N2O2. The highest BCUT2D eigenvalue weighted by Crippen LogP contribution is 2.42. The van der Waals surface area contributed by atoms with Gasteiger partial charge in [0.05, 0.1) is 12.6 Å². The molecule has 0 bridgehead atoms. The molecule has 3 rings (SSSR count). The van der Waals surface area contributed by atoms with E-state index in [2.05, 4.69) is 20.8 Å². The minimum atomic E-state index is -0.244. The van der Waals surface area contributed by atoms with Gasteiger partial charge in [0.2, 0.25) is 0 Å². The number of hydrogen-bond acceptors (Lipinski definition) is 3. The Morgan fingerprint density at radius 1 is 1.27 bits per heavy atom. The van der Waals surface area contributed by atoms with E-state index in [9.17, 15) is 4.79 Å². The van der Waals surface area contributed by atoms with Gasteiger partial charge in [0.1, 0.15) is 5.75 Å². The molecule has 0 radical (unpaired) electrons. The fourth-order valence-electron chi connectivity index (χ4n) is 3.66. The fourth-order valence-corrected chi connectivity index (χ4v) is 3.66. The number of carbonyl (C=O) groups is 1. The Morgan fingerprint density at radius 2 is 1.95 bits per heavy atom. The Bertz CT molecular complexity index is 604. The molecule has 1 heterocycles. The number of benzene rings is 1. The number of rotatable bonds is 2.